The molecule has 2 atom stereocenters. The van der Waals surface area contributed by atoms with E-state index in [0.717, 1.165) is 25.8 Å². The van der Waals surface area contributed by atoms with Crippen LogP contribution >= 0.6 is 0 Å². The molecule has 0 bridgehead atoms. The van der Waals surface area contributed by atoms with Crippen LogP contribution in [0.2, 0.25) is 0 Å². The van der Waals surface area contributed by atoms with E-state index in [4.69, 9.17) is 0 Å². The fourth-order valence-corrected chi connectivity index (χ4v) is 5.11. The van der Waals surface area contributed by atoms with Gasteiger partial charge in [-0.05, 0) is 68.0 Å². The van der Waals surface area contributed by atoms with E-state index < -0.39 is 0 Å². The molecule has 33 heavy (non-hydrogen) atoms. The second-order valence-corrected chi connectivity index (χ2v) is 9.28. The van der Waals surface area contributed by atoms with Crippen LogP contribution in [0.4, 0.5) is 0 Å². The van der Waals surface area contributed by atoms with Gasteiger partial charge in [0.1, 0.15) is 5.78 Å². The molecule has 0 radical (unpaired) electrons. The number of H-pyrrole nitrogens is 1. The summed E-state index contributed by atoms with van der Waals surface area (Å²) in [5, 5.41) is 14.8. The van der Waals surface area contributed by atoms with Crippen molar-refractivity contribution in [3.05, 3.63) is 65.5 Å². The molecule has 0 saturated carbocycles. The number of aromatic nitrogens is 4. The summed E-state index contributed by atoms with van der Waals surface area (Å²) in [6.45, 7) is 7.18. The van der Waals surface area contributed by atoms with E-state index in [-0.39, 0.29) is 17.6 Å². The lowest BCUT2D eigenvalue weighted by Gasteiger charge is -2.27. The highest BCUT2D eigenvalue weighted by Gasteiger charge is 2.29. The van der Waals surface area contributed by atoms with E-state index in [0.29, 0.717) is 5.82 Å². The second-order valence-electron chi connectivity index (χ2n) is 9.28. The van der Waals surface area contributed by atoms with E-state index in [1.54, 1.807) is 6.92 Å². The summed E-state index contributed by atoms with van der Waals surface area (Å²) in [6, 6.07) is 17.5. The Kier molecular flexibility index (Phi) is 8.00. The van der Waals surface area contributed by atoms with Crippen molar-refractivity contribution in [1.82, 2.24) is 25.5 Å². The number of carbonyl (C=O) groups excluding carboxylic acids is 1. The maximum Gasteiger partial charge on any atom is 0.178 e. The average molecular weight is 446 g/mol. The SMILES string of the molecule is CCC[C@H](C(C)=O)[C@H](Cc1ccc(-c2ccccc2CN2CCCCC2)cc1)c1nn[nH]n1. The van der Waals surface area contributed by atoms with Gasteiger partial charge in [-0.2, -0.15) is 5.21 Å². The lowest BCUT2D eigenvalue weighted by Crippen LogP contribution is -2.29. The van der Waals surface area contributed by atoms with Crippen LogP contribution < -0.4 is 0 Å². The summed E-state index contributed by atoms with van der Waals surface area (Å²) in [6.07, 6.45) is 6.46. The van der Waals surface area contributed by atoms with Crippen LogP contribution in [0.15, 0.2) is 48.5 Å². The monoisotopic (exact) mass is 445 g/mol. The molecule has 0 aliphatic carbocycles. The maximum absolute atomic E-state index is 12.4. The zero-order chi connectivity index (χ0) is 23.0. The molecule has 3 aromatic rings. The quantitative estimate of drug-likeness (QED) is 0.465. The van der Waals surface area contributed by atoms with Crippen molar-refractivity contribution in [1.29, 1.82) is 0 Å². The topological polar surface area (TPSA) is 74.8 Å². The number of tetrazole rings is 1. The predicted octanol–water partition coefficient (Wildman–Crippen LogP) is 5.18. The average Bonchev–Trinajstić information content (AvgIpc) is 3.37. The molecule has 1 saturated heterocycles. The van der Waals surface area contributed by atoms with Gasteiger partial charge in [0.05, 0.1) is 0 Å². The number of rotatable bonds is 10. The molecule has 1 aromatic heterocycles. The molecular weight excluding hydrogens is 410 g/mol. The summed E-state index contributed by atoms with van der Waals surface area (Å²) in [4.78, 5) is 15.0. The Labute approximate surface area is 196 Å². The number of aromatic amines is 1. The first kappa shape index (κ1) is 23.3. The standard InChI is InChI=1S/C27H35N5O/c1-3-9-24(20(2)33)26(27-28-30-31-29-27)18-21-12-14-22(15-13-21)25-11-6-5-10-23(25)19-32-16-7-4-8-17-32/h5-6,10-15,24,26H,3-4,7-9,16-19H2,1-2H3,(H,28,29,30,31)/t24-,26+/m1/s1. The highest BCUT2D eigenvalue weighted by Crippen LogP contribution is 2.32. The number of piperidine rings is 1. The van der Waals surface area contributed by atoms with Gasteiger partial charge in [0, 0.05) is 18.4 Å². The number of likely N-dealkylation sites (tertiary alicyclic amines) is 1. The molecule has 0 unspecified atom stereocenters. The van der Waals surface area contributed by atoms with Crippen molar-refractivity contribution < 1.29 is 4.79 Å². The van der Waals surface area contributed by atoms with Gasteiger partial charge >= 0.3 is 0 Å². The Morgan fingerprint density at radius 1 is 1.06 bits per heavy atom. The normalized spacial score (nSPS) is 16.4. The zero-order valence-electron chi connectivity index (χ0n) is 19.8. The zero-order valence-corrected chi connectivity index (χ0v) is 19.8. The molecular formula is C27H35N5O. The second kappa shape index (κ2) is 11.3. The summed E-state index contributed by atoms with van der Waals surface area (Å²) in [7, 11) is 0. The van der Waals surface area contributed by atoms with Gasteiger partial charge in [-0.15, -0.1) is 10.2 Å². The molecule has 1 aliphatic rings. The molecule has 1 aliphatic heterocycles. The molecule has 4 rings (SSSR count). The Bertz CT molecular complexity index is 1010. The third-order valence-electron chi connectivity index (χ3n) is 6.88. The van der Waals surface area contributed by atoms with E-state index in [2.05, 4.69) is 81.0 Å². The molecule has 6 heteroatoms. The Hall–Kier alpha value is -2.86. The maximum atomic E-state index is 12.4. The van der Waals surface area contributed by atoms with Crippen molar-refractivity contribution in [2.75, 3.05) is 13.1 Å². The minimum absolute atomic E-state index is 0.0709. The summed E-state index contributed by atoms with van der Waals surface area (Å²) in [5.41, 5.74) is 5.11. The number of ketones is 1. The van der Waals surface area contributed by atoms with Crippen molar-refractivity contribution in [2.45, 2.75) is 64.8 Å². The van der Waals surface area contributed by atoms with Gasteiger partial charge < -0.3 is 0 Å². The fraction of sp³-hybridized carbons (Fsp3) is 0.481. The van der Waals surface area contributed by atoms with Gasteiger partial charge in [-0.25, -0.2) is 0 Å². The number of hydrogen-bond acceptors (Lipinski definition) is 5. The molecule has 6 nitrogen and oxygen atoms in total. The highest BCUT2D eigenvalue weighted by molar-refractivity contribution is 5.79. The van der Waals surface area contributed by atoms with Crippen LogP contribution in [-0.2, 0) is 17.8 Å². The molecule has 174 valence electrons. The van der Waals surface area contributed by atoms with Crippen LogP contribution in [0.25, 0.3) is 11.1 Å². The molecule has 2 heterocycles. The van der Waals surface area contributed by atoms with Gasteiger partial charge in [0.2, 0.25) is 0 Å². The highest BCUT2D eigenvalue weighted by atomic mass is 16.1. The third-order valence-corrected chi connectivity index (χ3v) is 6.88. The predicted molar refractivity (Wildman–Crippen MR) is 131 cm³/mol. The van der Waals surface area contributed by atoms with Crippen molar-refractivity contribution in [2.24, 2.45) is 5.92 Å². The van der Waals surface area contributed by atoms with Gasteiger partial charge in [0.25, 0.3) is 0 Å². The first-order valence-electron chi connectivity index (χ1n) is 12.3. The smallest absolute Gasteiger partial charge is 0.178 e. The first-order chi connectivity index (χ1) is 16.2. The summed E-state index contributed by atoms with van der Waals surface area (Å²) >= 11 is 0. The lowest BCUT2D eigenvalue weighted by atomic mass is 9.81. The molecule has 2 aromatic carbocycles. The third kappa shape index (κ3) is 5.93. The number of carbonyl (C=O) groups is 1. The minimum atomic E-state index is -0.0995. The van der Waals surface area contributed by atoms with Crippen LogP contribution in [0.5, 0.6) is 0 Å². The largest absolute Gasteiger partial charge is 0.300 e. The van der Waals surface area contributed by atoms with Crippen LogP contribution in [0, 0.1) is 5.92 Å². The van der Waals surface area contributed by atoms with Gasteiger partial charge in [-0.1, -0.05) is 73.5 Å². The first-order valence-corrected chi connectivity index (χ1v) is 12.3. The summed E-state index contributed by atoms with van der Waals surface area (Å²) < 4.78 is 0. The van der Waals surface area contributed by atoms with E-state index in [1.807, 2.05) is 0 Å². The number of Topliss-reactive ketones (excluding diaryl/α,β-unsaturated/α-hetero) is 1. The van der Waals surface area contributed by atoms with Crippen molar-refractivity contribution >= 4 is 5.78 Å². The van der Waals surface area contributed by atoms with Crippen molar-refractivity contribution in [3.8, 4) is 11.1 Å². The number of nitrogens with one attached hydrogen (secondary N) is 1. The molecule has 0 spiro atoms. The van der Waals surface area contributed by atoms with Crippen LogP contribution in [-0.4, -0.2) is 44.4 Å². The van der Waals surface area contributed by atoms with E-state index >= 15 is 0 Å². The fourth-order valence-electron chi connectivity index (χ4n) is 5.11. The van der Waals surface area contributed by atoms with E-state index in [1.165, 1.54) is 54.6 Å². The minimum Gasteiger partial charge on any atom is -0.300 e. The number of nitrogens with zero attached hydrogens (tertiary/aromatic N) is 4. The molecule has 1 N–H and O–H groups in total. The van der Waals surface area contributed by atoms with Gasteiger partial charge in [-0.3, -0.25) is 9.69 Å². The van der Waals surface area contributed by atoms with Crippen LogP contribution in [0.1, 0.15) is 68.8 Å². The van der Waals surface area contributed by atoms with Crippen molar-refractivity contribution in [3.63, 3.8) is 0 Å². The number of hydrogen-bond donors (Lipinski definition) is 1. The summed E-state index contributed by atoms with van der Waals surface area (Å²) in [5.74, 6) is 0.644. The number of benzene rings is 2. The van der Waals surface area contributed by atoms with E-state index in [9.17, 15) is 4.79 Å². The molecule has 1 fully saturated rings. The van der Waals surface area contributed by atoms with Crippen LogP contribution in [0.3, 0.4) is 0 Å². The van der Waals surface area contributed by atoms with Gasteiger partial charge in [0.15, 0.2) is 5.82 Å². The Balaban J connectivity index is 1.54. The lowest BCUT2D eigenvalue weighted by molar-refractivity contribution is -0.121. The Morgan fingerprint density at radius 3 is 2.48 bits per heavy atom. The Morgan fingerprint density at radius 2 is 1.82 bits per heavy atom. The molecule has 0 amide bonds.